The number of aliphatic hydroxyl groups is 1. The van der Waals surface area contributed by atoms with Gasteiger partial charge in [-0.1, -0.05) is 43.3 Å². The first-order chi connectivity index (χ1) is 13.5. The van der Waals surface area contributed by atoms with Crippen LogP contribution in [0.5, 0.6) is 0 Å². The molecule has 1 aliphatic heterocycles. The van der Waals surface area contributed by atoms with Gasteiger partial charge in [0.15, 0.2) is 5.65 Å². The predicted octanol–water partition coefficient (Wildman–Crippen LogP) is 3.24. The summed E-state index contributed by atoms with van der Waals surface area (Å²) in [7, 11) is 0. The molecule has 1 saturated heterocycles. The number of hydrogen-bond acceptors (Lipinski definition) is 4. The van der Waals surface area contributed by atoms with Gasteiger partial charge in [-0.05, 0) is 43.9 Å². The van der Waals surface area contributed by atoms with Gasteiger partial charge < -0.3 is 10.4 Å². The first-order valence-electron chi connectivity index (χ1n) is 10.0. The third-order valence-electron chi connectivity index (χ3n) is 5.49. The van der Waals surface area contributed by atoms with Gasteiger partial charge in [-0.3, -0.25) is 0 Å². The normalized spacial score (nSPS) is 16.0. The number of hydrogen-bond donors (Lipinski definition) is 2. The van der Waals surface area contributed by atoms with Crippen molar-refractivity contribution >= 4 is 11.7 Å². The molecule has 2 aromatic heterocycles. The Kier molecular flexibility index (Phi) is 5.04. The molecule has 0 aliphatic carbocycles. The number of benzene rings is 1. The monoisotopic (exact) mass is 376 g/mol. The molecule has 5 heteroatoms. The maximum Gasteiger partial charge on any atom is 0.159 e. The zero-order chi connectivity index (χ0) is 19.7. The van der Waals surface area contributed by atoms with E-state index in [1.54, 1.807) is 0 Å². The van der Waals surface area contributed by atoms with Crippen molar-refractivity contribution in [2.45, 2.75) is 45.6 Å². The number of β-amino-alcohol motifs (C(OH)–C–C–N with tert-alkyl or cyclic N) is 1. The highest BCUT2D eigenvalue weighted by atomic mass is 16.3. The molecule has 3 heterocycles. The fourth-order valence-electron chi connectivity index (χ4n) is 3.80. The van der Waals surface area contributed by atoms with Gasteiger partial charge in [-0.2, -0.15) is 5.10 Å². The lowest BCUT2D eigenvalue weighted by Crippen LogP contribution is -2.59. The molecule has 0 spiro atoms. The van der Waals surface area contributed by atoms with E-state index in [1.807, 2.05) is 11.4 Å². The van der Waals surface area contributed by atoms with Crippen LogP contribution >= 0.6 is 0 Å². The van der Waals surface area contributed by atoms with Gasteiger partial charge in [0, 0.05) is 36.5 Å². The summed E-state index contributed by atoms with van der Waals surface area (Å²) in [5.74, 6) is 0. The smallest absolute Gasteiger partial charge is 0.159 e. The van der Waals surface area contributed by atoms with Crippen molar-refractivity contribution in [3.8, 4) is 0 Å². The fraction of sp³-hybridized carbons (Fsp3) is 0.391. The van der Waals surface area contributed by atoms with E-state index in [0.717, 1.165) is 41.1 Å². The van der Waals surface area contributed by atoms with Gasteiger partial charge >= 0.3 is 0 Å². The van der Waals surface area contributed by atoms with E-state index in [4.69, 9.17) is 10.1 Å². The number of nitrogens with one attached hydrogen (secondary N) is 1. The van der Waals surface area contributed by atoms with Crippen LogP contribution in [0.3, 0.4) is 0 Å². The summed E-state index contributed by atoms with van der Waals surface area (Å²) in [5.41, 5.74) is 7.31. The summed E-state index contributed by atoms with van der Waals surface area (Å²) in [4.78, 5) is 4.76. The average molecular weight is 377 g/mol. The Morgan fingerprint density at radius 3 is 2.61 bits per heavy atom. The highest BCUT2D eigenvalue weighted by molar-refractivity contribution is 5.55. The Hall–Kier alpha value is -2.50. The van der Waals surface area contributed by atoms with Crippen molar-refractivity contribution in [3.63, 3.8) is 0 Å². The minimum atomic E-state index is -0.556. The molecule has 146 valence electrons. The SMILES string of the molecule is CCc1nn2c(C)cc(C)nc2c1Cc1ccc(/C=C/CC2(O)CNC2)cc1. The quantitative estimate of drug-likeness (QED) is 0.693. The van der Waals surface area contributed by atoms with E-state index >= 15 is 0 Å². The summed E-state index contributed by atoms with van der Waals surface area (Å²) in [6, 6.07) is 10.7. The molecule has 0 saturated carbocycles. The second-order valence-electron chi connectivity index (χ2n) is 7.91. The van der Waals surface area contributed by atoms with Crippen LogP contribution in [0.25, 0.3) is 11.7 Å². The molecule has 0 amide bonds. The second kappa shape index (κ2) is 7.49. The lowest BCUT2D eigenvalue weighted by Gasteiger charge is -2.36. The van der Waals surface area contributed by atoms with Crippen LogP contribution in [-0.4, -0.2) is 38.4 Å². The van der Waals surface area contributed by atoms with Crippen LogP contribution in [0.2, 0.25) is 0 Å². The van der Waals surface area contributed by atoms with E-state index in [2.05, 4.69) is 61.6 Å². The molecule has 5 nitrogen and oxygen atoms in total. The van der Waals surface area contributed by atoms with E-state index in [9.17, 15) is 5.11 Å². The number of nitrogens with zero attached hydrogens (tertiary/aromatic N) is 3. The summed E-state index contributed by atoms with van der Waals surface area (Å²) >= 11 is 0. The minimum Gasteiger partial charge on any atom is -0.387 e. The Bertz CT molecular complexity index is 1010. The van der Waals surface area contributed by atoms with Crippen molar-refractivity contribution in [1.29, 1.82) is 0 Å². The Morgan fingerprint density at radius 1 is 1.21 bits per heavy atom. The van der Waals surface area contributed by atoms with E-state index in [1.165, 1.54) is 11.1 Å². The molecule has 1 fully saturated rings. The summed E-state index contributed by atoms with van der Waals surface area (Å²) in [5, 5.41) is 18.0. The molecule has 0 radical (unpaired) electrons. The van der Waals surface area contributed by atoms with Crippen molar-refractivity contribution in [2.24, 2.45) is 0 Å². The maximum atomic E-state index is 10.1. The summed E-state index contributed by atoms with van der Waals surface area (Å²) in [6.07, 6.45) is 6.56. The van der Waals surface area contributed by atoms with Crippen molar-refractivity contribution < 1.29 is 5.11 Å². The summed E-state index contributed by atoms with van der Waals surface area (Å²) < 4.78 is 1.97. The average Bonchev–Trinajstić information content (AvgIpc) is 3.00. The van der Waals surface area contributed by atoms with Gasteiger partial charge in [0.25, 0.3) is 0 Å². The molecule has 4 rings (SSSR count). The van der Waals surface area contributed by atoms with Crippen LogP contribution in [0.15, 0.2) is 36.4 Å². The standard InChI is InChI=1S/C23H28N4O/c1-4-21-20(22-25-16(2)12-17(3)27(22)26-21)13-19-9-7-18(8-10-19)6-5-11-23(28)14-24-15-23/h5-10,12,24,28H,4,11,13-15H2,1-3H3/b6-5+. The van der Waals surface area contributed by atoms with E-state index in [0.29, 0.717) is 19.5 Å². The van der Waals surface area contributed by atoms with Gasteiger partial charge in [0.1, 0.15) is 0 Å². The zero-order valence-electron chi connectivity index (χ0n) is 16.9. The predicted molar refractivity (Wildman–Crippen MR) is 113 cm³/mol. The first-order valence-corrected chi connectivity index (χ1v) is 10.0. The number of aromatic nitrogens is 3. The third kappa shape index (κ3) is 3.73. The molecule has 0 bridgehead atoms. The van der Waals surface area contributed by atoms with Gasteiger partial charge in [-0.15, -0.1) is 0 Å². The molecular formula is C23H28N4O. The van der Waals surface area contributed by atoms with Crippen LogP contribution in [0, 0.1) is 13.8 Å². The Morgan fingerprint density at radius 2 is 1.96 bits per heavy atom. The molecule has 1 aliphatic rings. The first kappa shape index (κ1) is 18.8. The Balaban J connectivity index is 1.53. The van der Waals surface area contributed by atoms with Crippen molar-refractivity contribution in [3.05, 3.63) is 70.2 Å². The highest BCUT2D eigenvalue weighted by Gasteiger charge is 2.32. The van der Waals surface area contributed by atoms with Gasteiger partial charge in [0.05, 0.1) is 11.3 Å². The summed E-state index contributed by atoms with van der Waals surface area (Å²) in [6.45, 7) is 7.63. The molecule has 28 heavy (non-hydrogen) atoms. The van der Waals surface area contributed by atoms with Crippen LogP contribution in [-0.2, 0) is 12.8 Å². The van der Waals surface area contributed by atoms with E-state index in [-0.39, 0.29) is 0 Å². The lowest BCUT2D eigenvalue weighted by atomic mass is 9.93. The van der Waals surface area contributed by atoms with Crippen LogP contribution in [0.4, 0.5) is 0 Å². The lowest BCUT2D eigenvalue weighted by molar-refractivity contribution is -0.00644. The third-order valence-corrected chi connectivity index (χ3v) is 5.49. The number of fused-ring (bicyclic) bond motifs is 1. The van der Waals surface area contributed by atoms with Gasteiger partial charge in [0.2, 0.25) is 0 Å². The largest absolute Gasteiger partial charge is 0.387 e. The van der Waals surface area contributed by atoms with Crippen LogP contribution in [0.1, 0.15) is 47.1 Å². The number of aryl methyl sites for hydroxylation is 3. The van der Waals surface area contributed by atoms with Crippen molar-refractivity contribution in [1.82, 2.24) is 19.9 Å². The van der Waals surface area contributed by atoms with Crippen molar-refractivity contribution in [2.75, 3.05) is 13.1 Å². The van der Waals surface area contributed by atoms with Crippen LogP contribution < -0.4 is 5.32 Å². The zero-order valence-corrected chi connectivity index (χ0v) is 16.9. The minimum absolute atomic E-state index is 0.556. The molecule has 3 aromatic rings. The molecule has 0 unspecified atom stereocenters. The van der Waals surface area contributed by atoms with Gasteiger partial charge in [-0.25, -0.2) is 9.50 Å². The second-order valence-corrected chi connectivity index (χ2v) is 7.91. The molecule has 0 atom stereocenters. The molecular weight excluding hydrogens is 348 g/mol. The fourth-order valence-corrected chi connectivity index (χ4v) is 3.80. The topological polar surface area (TPSA) is 62.5 Å². The highest BCUT2D eigenvalue weighted by Crippen LogP contribution is 2.22. The Labute approximate surface area is 166 Å². The van der Waals surface area contributed by atoms with E-state index < -0.39 is 5.60 Å². The number of rotatable bonds is 6. The maximum absolute atomic E-state index is 10.1. The molecule has 2 N–H and O–H groups in total. The molecule has 1 aromatic carbocycles.